The topological polar surface area (TPSA) is 98.8 Å². The van der Waals surface area contributed by atoms with E-state index in [9.17, 15) is 16.8 Å². The molecule has 0 saturated carbocycles. The second-order valence-corrected chi connectivity index (χ2v) is 11.6. The first-order valence-corrected chi connectivity index (χ1v) is 13.0. The normalized spacial score (nSPS) is 14.9. The van der Waals surface area contributed by atoms with Crippen molar-refractivity contribution in [3.8, 4) is 11.5 Å². The predicted molar refractivity (Wildman–Crippen MR) is 113 cm³/mol. The minimum absolute atomic E-state index is 0.0212. The average Bonchev–Trinajstić information content (AvgIpc) is 3.30. The largest absolute Gasteiger partial charge is 0.486 e. The lowest BCUT2D eigenvalue weighted by atomic mass is 10.1. The van der Waals surface area contributed by atoms with E-state index < -0.39 is 25.1 Å². The summed E-state index contributed by atoms with van der Waals surface area (Å²) in [6, 6.07) is 16.1. The average molecular weight is 466 g/mol. The highest BCUT2D eigenvalue weighted by Crippen LogP contribution is 2.33. The van der Waals surface area contributed by atoms with Crippen molar-refractivity contribution in [1.82, 2.24) is 4.72 Å². The predicted octanol–water partition coefficient (Wildman–Crippen LogP) is 3.01. The zero-order valence-corrected chi connectivity index (χ0v) is 18.2. The van der Waals surface area contributed by atoms with Crippen molar-refractivity contribution in [2.75, 3.05) is 19.8 Å². The molecular formula is C20H19NO6S3. The number of fused-ring (bicyclic) bond motifs is 1. The quantitative estimate of drug-likeness (QED) is 0.576. The number of thiophene rings is 1. The minimum Gasteiger partial charge on any atom is -0.486 e. The van der Waals surface area contributed by atoms with E-state index in [4.69, 9.17) is 9.47 Å². The summed E-state index contributed by atoms with van der Waals surface area (Å²) in [6.45, 7) is 0.427. The molecule has 0 spiro atoms. The highest BCUT2D eigenvalue weighted by Gasteiger charge is 2.31. The van der Waals surface area contributed by atoms with Gasteiger partial charge in [-0.1, -0.05) is 36.4 Å². The molecule has 10 heteroatoms. The fourth-order valence-corrected chi connectivity index (χ4v) is 7.13. The van der Waals surface area contributed by atoms with Gasteiger partial charge < -0.3 is 9.47 Å². The summed E-state index contributed by atoms with van der Waals surface area (Å²) in [5, 5.41) is 0.609. The lowest BCUT2D eigenvalue weighted by molar-refractivity contribution is 0.171. The third-order valence-electron chi connectivity index (χ3n) is 4.60. The molecule has 1 atom stereocenters. The molecule has 30 heavy (non-hydrogen) atoms. The van der Waals surface area contributed by atoms with Gasteiger partial charge in [-0.25, -0.2) is 21.6 Å². The number of sulfonamides is 1. The third-order valence-corrected chi connectivity index (χ3v) is 9.56. The molecule has 2 aromatic carbocycles. The molecule has 0 aliphatic carbocycles. The van der Waals surface area contributed by atoms with Crippen molar-refractivity contribution in [2.45, 2.75) is 14.4 Å². The Morgan fingerprint density at radius 1 is 0.900 bits per heavy atom. The Balaban J connectivity index is 1.62. The van der Waals surface area contributed by atoms with Gasteiger partial charge in [-0.05, 0) is 29.1 Å². The number of benzene rings is 2. The third kappa shape index (κ3) is 4.22. The van der Waals surface area contributed by atoms with Crippen molar-refractivity contribution in [1.29, 1.82) is 0 Å². The minimum atomic E-state index is -3.97. The van der Waals surface area contributed by atoms with Crippen LogP contribution in [-0.4, -0.2) is 36.6 Å². The molecule has 3 aromatic rings. The number of sulfone groups is 1. The highest BCUT2D eigenvalue weighted by atomic mass is 32.2. The molecule has 4 rings (SSSR count). The lowest BCUT2D eigenvalue weighted by Gasteiger charge is -2.20. The Morgan fingerprint density at radius 2 is 1.63 bits per heavy atom. The van der Waals surface area contributed by atoms with Gasteiger partial charge in [0, 0.05) is 12.6 Å². The molecule has 0 amide bonds. The molecular weight excluding hydrogens is 446 g/mol. The number of ether oxygens (including phenoxy) is 2. The SMILES string of the molecule is O=S(=O)(NCC(c1ccccc1)S(=O)(=O)c1cccs1)c1ccc2c(c1)OCCO2. The van der Waals surface area contributed by atoms with Crippen LogP contribution in [0.4, 0.5) is 0 Å². The van der Waals surface area contributed by atoms with E-state index in [1.807, 2.05) is 0 Å². The van der Waals surface area contributed by atoms with Crippen LogP contribution in [0, 0.1) is 0 Å². The first kappa shape index (κ1) is 20.9. The fourth-order valence-electron chi connectivity index (χ4n) is 3.10. The summed E-state index contributed by atoms with van der Waals surface area (Å²) in [6.07, 6.45) is 0. The van der Waals surface area contributed by atoms with Crippen LogP contribution in [-0.2, 0) is 19.9 Å². The zero-order valence-electron chi connectivity index (χ0n) is 15.7. The van der Waals surface area contributed by atoms with Crippen LogP contribution in [0.25, 0.3) is 0 Å². The molecule has 0 bridgehead atoms. The fraction of sp³-hybridized carbons (Fsp3) is 0.200. The van der Waals surface area contributed by atoms with E-state index in [0.717, 1.165) is 11.3 Å². The summed E-state index contributed by atoms with van der Waals surface area (Å²) in [7, 11) is -7.76. The van der Waals surface area contributed by atoms with Gasteiger partial charge in [0.1, 0.15) is 22.7 Å². The Bertz CT molecular complexity index is 1220. The lowest BCUT2D eigenvalue weighted by Crippen LogP contribution is -2.32. The van der Waals surface area contributed by atoms with Gasteiger partial charge in [-0.2, -0.15) is 0 Å². The molecule has 0 fully saturated rings. The number of hydrogen-bond acceptors (Lipinski definition) is 7. The van der Waals surface area contributed by atoms with Gasteiger partial charge in [0.15, 0.2) is 21.3 Å². The van der Waals surface area contributed by atoms with Crippen molar-refractivity contribution >= 4 is 31.2 Å². The molecule has 0 saturated heterocycles. The zero-order chi connectivity index (χ0) is 21.2. The molecule has 0 radical (unpaired) electrons. The van der Waals surface area contributed by atoms with E-state index in [-0.39, 0.29) is 15.6 Å². The van der Waals surface area contributed by atoms with Crippen LogP contribution < -0.4 is 14.2 Å². The van der Waals surface area contributed by atoms with Crippen LogP contribution in [0.15, 0.2) is 75.1 Å². The van der Waals surface area contributed by atoms with E-state index >= 15 is 0 Å². The van der Waals surface area contributed by atoms with E-state index in [1.54, 1.807) is 41.8 Å². The van der Waals surface area contributed by atoms with Gasteiger partial charge in [-0.15, -0.1) is 11.3 Å². The summed E-state index contributed by atoms with van der Waals surface area (Å²) < 4.78 is 65.6. The van der Waals surface area contributed by atoms with Gasteiger partial charge in [-0.3, -0.25) is 0 Å². The summed E-state index contributed by atoms with van der Waals surface area (Å²) >= 11 is 1.10. The number of hydrogen-bond donors (Lipinski definition) is 1. The van der Waals surface area contributed by atoms with E-state index in [1.165, 1.54) is 24.3 Å². The maximum atomic E-state index is 13.2. The van der Waals surface area contributed by atoms with Crippen LogP contribution in [0.5, 0.6) is 11.5 Å². The first-order chi connectivity index (χ1) is 14.4. The molecule has 1 unspecified atom stereocenters. The van der Waals surface area contributed by atoms with Gasteiger partial charge in [0.25, 0.3) is 0 Å². The number of rotatable bonds is 7. The molecule has 158 valence electrons. The van der Waals surface area contributed by atoms with E-state index in [0.29, 0.717) is 30.3 Å². The Morgan fingerprint density at radius 3 is 2.33 bits per heavy atom. The smallest absolute Gasteiger partial charge is 0.240 e. The molecule has 1 aliphatic heterocycles. The van der Waals surface area contributed by atoms with Crippen LogP contribution in [0.3, 0.4) is 0 Å². The Kier molecular flexibility index (Phi) is 5.83. The van der Waals surface area contributed by atoms with Crippen LogP contribution in [0.2, 0.25) is 0 Å². The molecule has 2 heterocycles. The second-order valence-electron chi connectivity index (χ2n) is 6.53. The van der Waals surface area contributed by atoms with Gasteiger partial charge in [0.2, 0.25) is 10.0 Å². The standard InChI is InChI=1S/C20H19NO6S3/c22-29(23,20-7-4-12-28-20)19(15-5-2-1-3-6-15)14-21-30(24,25)16-8-9-17-18(13-16)27-11-10-26-17/h1-9,12-13,19,21H,10-11,14H2. The van der Waals surface area contributed by atoms with Crippen molar-refractivity contribution in [2.24, 2.45) is 0 Å². The monoisotopic (exact) mass is 465 g/mol. The maximum Gasteiger partial charge on any atom is 0.240 e. The molecule has 1 aromatic heterocycles. The van der Waals surface area contributed by atoms with Crippen molar-refractivity contribution in [3.05, 3.63) is 71.6 Å². The molecule has 7 nitrogen and oxygen atoms in total. The Labute approximate surface area is 179 Å². The Hall–Kier alpha value is -2.40. The van der Waals surface area contributed by atoms with Crippen LogP contribution >= 0.6 is 11.3 Å². The van der Waals surface area contributed by atoms with Crippen LogP contribution in [0.1, 0.15) is 10.8 Å². The summed E-state index contributed by atoms with van der Waals surface area (Å²) in [5.74, 6) is 0.817. The summed E-state index contributed by atoms with van der Waals surface area (Å²) in [4.78, 5) is -0.0212. The second kappa shape index (κ2) is 8.38. The van der Waals surface area contributed by atoms with Crippen molar-refractivity contribution in [3.63, 3.8) is 0 Å². The maximum absolute atomic E-state index is 13.2. The molecule has 1 aliphatic rings. The first-order valence-electron chi connectivity index (χ1n) is 9.09. The van der Waals surface area contributed by atoms with Crippen molar-refractivity contribution < 1.29 is 26.3 Å². The number of nitrogens with one attached hydrogen (secondary N) is 1. The highest BCUT2D eigenvalue weighted by molar-refractivity contribution is 7.93. The van der Waals surface area contributed by atoms with Gasteiger partial charge >= 0.3 is 0 Å². The van der Waals surface area contributed by atoms with Gasteiger partial charge in [0.05, 0.1) is 4.90 Å². The molecule has 1 N–H and O–H groups in total. The summed E-state index contributed by atoms with van der Waals surface area (Å²) in [5.41, 5.74) is 0.510. The van der Waals surface area contributed by atoms with E-state index in [2.05, 4.69) is 4.72 Å².